The molecule has 1 aliphatic rings. The average Bonchev–Trinajstić information content (AvgIpc) is 3.33. The summed E-state index contributed by atoms with van der Waals surface area (Å²) in [7, 11) is 0. The van der Waals surface area contributed by atoms with E-state index in [2.05, 4.69) is 15.0 Å². The van der Waals surface area contributed by atoms with Crippen LogP contribution in [0.15, 0.2) is 59.9 Å². The van der Waals surface area contributed by atoms with Crippen LogP contribution >= 0.6 is 0 Å². The van der Waals surface area contributed by atoms with Gasteiger partial charge in [0.2, 0.25) is 0 Å². The van der Waals surface area contributed by atoms with Gasteiger partial charge in [0.05, 0.1) is 23.8 Å². The number of benzene rings is 1. The summed E-state index contributed by atoms with van der Waals surface area (Å²) in [5.41, 5.74) is 2.58. The van der Waals surface area contributed by atoms with Crippen molar-refractivity contribution in [2.45, 2.75) is 13.0 Å². The lowest BCUT2D eigenvalue weighted by Gasteiger charge is -2.22. The van der Waals surface area contributed by atoms with Crippen molar-refractivity contribution in [3.05, 3.63) is 66.6 Å². The van der Waals surface area contributed by atoms with Gasteiger partial charge in [-0.3, -0.25) is 9.69 Å². The summed E-state index contributed by atoms with van der Waals surface area (Å²) >= 11 is 0. The molecule has 2 aromatic heterocycles. The maximum atomic E-state index is 13.1. The zero-order valence-corrected chi connectivity index (χ0v) is 14.5. The minimum Gasteiger partial charge on any atom is -0.472 e. The van der Waals surface area contributed by atoms with Crippen molar-refractivity contribution in [2.75, 3.05) is 26.2 Å². The van der Waals surface area contributed by atoms with Gasteiger partial charge in [0.25, 0.3) is 5.91 Å². The number of amides is 1. The predicted octanol–water partition coefficient (Wildman–Crippen LogP) is 2.21. The Hall–Kier alpha value is -2.93. The van der Waals surface area contributed by atoms with Crippen LogP contribution in [0, 0.1) is 0 Å². The number of carbonyl (C=O) groups excluding carboxylic acids is 1. The van der Waals surface area contributed by atoms with E-state index in [0.29, 0.717) is 12.1 Å². The molecule has 0 spiro atoms. The summed E-state index contributed by atoms with van der Waals surface area (Å²) in [5.74, 6) is 0.0428. The van der Waals surface area contributed by atoms with E-state index in [4.69, 9.17) is 4.42 Å². The fourth-order valence-electron chi connectivity index (χ4n) is 3.33. The third-order valence-electron chi connectivity index (χ3n) is 4.66. The highest BCUT2D eigenvalue weighted by molar-refractivity contribution is 5.97. The van der Waals surface area contributed by atoms with Crippen LogP contribution in [0.5, 0.6) is 0 Å². The van der Waals surface area contributed by atoms with Crippen molar-refractivity contribution >= 4 is 5.91 Å². The van der Waals surface area contributed by atoms with Crippen LogP contribution in [0.2, 0.25) is 0 Å². The van der Waals surface area contributed by atoms with Crippen LogP contribution in [0.4, 0.5) is 0 Å². The Labute approximate surface area is 151 Å². The zero-order chi connectivity index (χ0) is 17.8. The lowest BCUT2D eigenvalue weighted by atomic mass is 10.1. The molecule has 0 saturated carbocycles. The highest BCUT2D eigenvalue weighted by Crippen LogP contribution is 2.17. The Morgan fingerprint density at radius 2 is 2.04 bits per heavy atom. The SMILES string of the molecule is O=C(c1ccccc1-n1cncn1)N1CCCN(Cc2ccoc2)CC1. The van der Waals surface area contributed by atoms with Crippen molar-refractivity contribution < 1.29 is 9.21 Å². The van der Waals surface area contributed by atoms with E-state index in [1.165, 1.54) is 11.9 Å². The Balaban J connectivity index is 1.47. The van der Waals surface area contributed by atoms with Gasteiger partial charge in [-0.05, 0) is 24.6 Å². The molecule has 1 fully saturated rings. The van der Waals surface area contributed by atoms with E-state index in [9.17, 15) is 4.79 Å². The number of para-hydroxylation sites is 1. The summed E-state index contributed by atoms with van der Waals surface area (Å²) in [6.45, 7) is 4.14. The highest BCUT2D eigenvalue weighted by Gasteiger charge is 2.23. The summed E-state index contributed by atoms with van der Waals surface area (Å²) in [6.07, 6.45) is 7.52. The minimum atomic E-state index is 0.0428. The standard InChI is InChI=1S/C19H21N5O2/c25-19(17-4-1-2-5-18(17)24-15-20-14-21-24)23-8-3-7-22(9-10-23)12-16-6-11-26-13-16/h1-2,4-6,11,13-15H,3,7-10,12H2. The van der Waals surface area contributed by atoms with Crippen LogP contribution in [0.3, 0.4) is 0 Å². The number of aromatic nitrogens is 3. The van der Waals surface area contributed by atoms with Gasteiger partial charge in [0.15, 0.2) is 0 Å². The molecule has 1 amide bonds. The van der Waals surface area contributed by atoms with Crippen molar-refractivity contribution in [3.8, 4) is 5.69 Å². The fraction of sp³-hybridized carbons (Fsp3) is 0.316. The van der Waals surface area contributed by atoms with E-state index in [1.54, 1.807) is 23.5 Å². The van der Waals surface area contributed by atoms with Gasteiger partial charge in [-0.2, -0.15) is 5.10 Å². The molecule has 1 aliphatic heterocycles. The average molecular weight is 351 g/mol. The van der Waals surface area contributed by atoms with Gasteiger partial charge in [-0.1, -0.05) is 12.1 Å². The molecule has 0 unspecified atom stereocenters. The molecule has 0 aliphatic carbocycles. The van der Waals surface area contributed by atoms with Crippen LogP contribution in [0.25, 0.3) is 5.69 Å². The van der Waals surface area contributed by atoms with Crippen molar-refractivity contribution in [1.82, 2.24) is 24.6 Å². The molecule has 0 radical (unpaired) electrons. The van der Waals surface area contributed by atoms with Crippen LogP contribution in [-0.4, -0.2) is 56.7 Å². The second kappa shape index (κ2) is 7.53. The summed E-state index contributed by atoms with van der Waals surface area (Å²) in [4.78, 5) is 21.4. The molecule has 3 heterocycles. The number of hydrogen-bond acceptors (Lipinski definition) is 5. The van der Waals surface area contributed by atoms with Crippen molar-refractivity contribution in [2.24, 2.45) is 0 Å². The molecule has 4 rings (SSSR count). The van der Waals surface area contributed by atoms with E-state index in [-0.39, 0.29) is 5.91 Å². The molecule has 0 N–H and O–H groups in total. The topological polar surface area (TPSA) is 67.4 Å². The minimum absolute atomic E-state index is 0.0428. The second-order valence-electron chi connectivity index (χ2n) is 6.41. The zero-order valence-electron chi connectivity index (χ0n) is 14.5. The normalized spacial score (nSPS) is 15.8. The van der Waals surface area contributed by atoms with Crippen LogP contribution in [0.1, 0.15) is 22.3 Å². The second-order valence-corrected chi connectivity index (χ2v) is 6.41. The van der Waals surface area contributed by atoms with Crippen LogP contribution < -0.4 is 0 Å². The van der Waals surface area contributed by atoms with Crippen molar-refractivity contribution in [1.29, 1.82) is 0 Å². The van der Waals surface area contributed by atoms with Gasteiger partial charge in [-0.25, -0.2) is 9.67 Å². The number of carbonyl (C=O) groups is 1. The molecule has 0 bridgehead atoms. The quantitative estimate of drug-likeness (QED) is 0.721. The number of furan rings is 1. The van der Waals surface area contributed by atoms with E-state index in [0.717, 1.165) is 38.3 Å². The first-order valence-electron chi connectivity index (χ1n) is 8.78. The Kier molecular flexibility index (Phi) is 4.79. The monoisotopic (exact) mass is 351 g/mol. The lowest BCUT2D eigenvalue weighted by molar-refractivity contribution is 0.0761. The van der Waals surface area contributed by atoms with Gasteiger partial charge in [-0.15, -0.1) is 0 Å². The smallest absolute Gasteiger partial charge is 0.256 e. The van der Waals surface area contributed by atoms with Gasteiger partial charge < -0.3 is 9.32 Å². The number of nitrogens with zero attached hydrogens (tertiary/aromatic N) is 5. The molecule has 134 valence electrons. The molecule has 1 saturated heterocycles. The summed E-state index contributed by atoms with van der Waals surface area (Å²) in [6, 6.07) is 9.53. The lowest BCUT2D eigenvalue weighted by Crippen LogP contribution is -2.35. The molecule has 0 atom stereocenters. The fourth-order valence-corrected chi connectivity index (χ4v) is 3.33. The molecule has 26 heavy (non-hydrogen) atoms. The molecule has 3 aromatic rings. The molecule has 7 heteroatoms. The van der Waals surface area contributed by atoms with Crippen molar-refractivity contribution in [3.63, 3.8) is 0 Å². The van der Waals surface area contributed by atoms with Gasteiger partial charge >= 0.3 is 0 Å². The van der Waals surface area contributed by atoms with Gasteiger partial charge in [0.1, 0.15) is 12.7 Å². The van der Waals surface area contributed by atoms with Crippen LogP contribution in [-0.2, 0) is 6.54 Å². The first kappa shape index (κ1) is 16.5. The van der Waals surface area contributed by atoms with Gasteiger partial charge in [0, 0.05) is 38.3 Å². The third-order valence-corrected chi connectivity index (χ3v) is 4.66. The maximum Gasteiger partial charge on any atom is 0.256 e. The summed E-state index contributed by atoms with van der Waals surface area (Å²) < 4.78 is 6.78. The highest BCUT2D eigenvalue weighted by atomic mass is 16.3. The summed E-state index contributed by atoms with van der Waals surface area (Å²) in [5, 5.41) is 4.16. The number of hydrogen-bond donors (Lipinski definition) is 0. The Morgan fingerprint density at radius 3 is 2.85 bits per heavy atom. The first-order chi connectivity index (χ1) is 12.8. The Bertz CT molecular complexity index is 845. The first-order valence-corrected chi connectivity index (χ1v) is 8.78. The van der Waals surface area contributed by atoms with E-state index >= 15 is 0 Å². The Morgan fingerprint density at radius 1 is 1.12 bits per heavy atom. The molecular formula is C19H21N5O2. The largest absolute Gasteiger partial charge is 0.472 e. The predicted molar refractivity (Wildman–Crippen MR) is 95.9 cm³/mol. The molecule has 1 aromatic carbocycles. The molecule has 7 nitrogen and oxygen atoms in total. The number of rotatable bonds is 4. The third kappa shape index (κ3) is 3.52. The molecular weight excluding hydrogens is 330 g/mol. The maximum absolute atomic E-state index is 13.1. The van der Waals surface area contributed by atoms with E-state index < -0.39 is 0 Å². The van der Waals surface area contributed by atoms with E-state index in [1.807, 2.05) is 35.2 Å².